The molecule has 0 radical (unpaired) electrons. The highest BCUT2D eigenvalue weighted by atomic mass is 15.0. The van der Waals surface area contributed by atoms with Crippen molar-refractivity contribution in [2.75, 3.05) is 7.05 Å². The summed E-state index contributed by atoms with van der Waals surface area (Å²) in [5.41, 5.74) is 6.09. The molecule has 0 atom stereocenters. The second-order valence-electron chi connectivity index (χ2n) is 1.66. The van der Waals surface area contributed by atoms with Crippen molar-refractivity contribution in [1.82, 2.24) is 19.9 Å². The van der Waals surface area contributed by atoms with Crippen molar-refractivity contribution in [2.24, 2.45) is 5.73 Å². The molecule has 2 rings (SSSR count). The maximum atomic E-state index is 4.50. The molecule has 58 valence electrons. The van der Waals surface area contributed by atoms with Crippen LogP contribution >= 0.6 is 0 Å². The predicted octanol–water partition coefficient (Wildman–Crippen LogP) is -0.0722. The minimum absolute atomic E-state index is 0.713. The van der Waals surface area contributed by atoms with Crippen molar-refractivity contribution in [3.8, 4) is 0 Å². The first-order valence-electron chi connectivity index (χ1n) is 3.13. The van der Waals surface area contributed by atoms with E-state index >= 15 is 0 Å². The second kappa shape index (κ2) is 3.62. The standard InChI is InChI=1S/C5H4N4.CH5N/c1-4-5(8-2-6-1)9-3-7-4;1-2/h1-3H,(H,6,7,8,9);2H2,1H3. The first-order valence-corrected chi connectivity index (χ1v) is 3.13. The molecule has 5 nitrogen and oxygen atoms in total. The van der Waals surface area contributed by atoms with Crippen molar-refractivity contribution in [1.29, 1.82) is 0 Å². The monoisotopic (exact) mass is 151 g/mol. The molecule has 2 heterocycles. The highest BCUT2D eigenvalue weighted by Gasteiger charge is 1.91. The van der Waals surface area contributed by atoms with Crippen molar-refractivity contribution in [3.63, 3.8) is 0 Å². The molecule has 0 fully saturated rings. The third-order valence-corrected chi connectivity index (χ3v) is 1.10. The highest BCUT2D eigenvalue weighted by Crippen LogP contribution is 1.99. The van der Waals surface area contributed by atoms with E-state index in [9.17, 15) is 0 Å². The lowest BCUT2D eigenvalue weighted by atomic mass is 10.6. The van der Waals surface area contributed by atoms with Gasteiger partial charge in [-0.05, 0) is 7.05 Å². The quantitative estimate of drug-likeness (QED) is 0.552. The van der Waals surface area contributed by atoms with Gasteiger partial charge in [-0.25, -0.2) is 15.0 Å². The van der Waals surface area contributed by atoms with E-state index < -0.39 is 0 Å². The van der Waals surface area contributed by atoms with Crippen LogP contribution in [0.1, 0.15) is 0 Å². The Labute approximate surface area is 63.7 Å². The van der Waals surface area contributed by atoms with Crippen LogP contribution in [0.25, 0.3) is 11.2 Å². The molecule has 0 unspecified atom stereocenters. The molecule has 2 aromatic rings. The van der Waals surface area contributed by atoms with Gasteiger partial charge in [-0.15, -0.1) is 0 Å². The van der Waals surface area contributed by atoms with Gasteiger partial charge in [0, 0.05) is 0 Å². The lowest BCUT2D eigenvalue weighted by Crippen LogP contribution is -1.76. The summed E-state index contributed by atoms with van der Waals surface area (Å²) in [6, 6.07) is 0. The van der Waals surface area contributed by atoms with Gasteiger partial charge in [-0.3, -0.25) is 0 Å². The minimum atomic E-state index is 0.713. The maximum absolute atomic E-state index is 4.50. The van der Waals surface area contributed by atoms with Crippen LogP contribution in [0, 0.1) is 0 Å². The summed E-state index contributed by atoms with van der Waals surface area (Å²) < 4.78 is 0. The molecule has 0 saturated carbocycles. The molecule has 0 aliphatic heterocycles. The van der Waals surface area contributed by atoms with Crippen LogP contribution in [0.2, 0.25) is 0 Å². The molecule has 0 aliphatic carbocycles. The minimum Gasteiger partial charge on any atom is -0.342 e. The number of rotatable bonds is 0. The maximum Gasteiger partial charge on any atom is 0.180 e. The highest BCUT2D eigenvalue weighted by molar-refractivity contribution is 5.67. The molecule has 0 bridgehead atoms. The molecule has 2 aromatic heterocycles. The Morgan fingerprint density at radius 1 is 1.36 bits per heavy atom. The first-order chi connectivity index (χ1) is 5.47. The number of nitrogens with one attached hydrogen (secondary N) is 1. The Balaban J connectivity index is 0.000000281. The Bertz CT molecular complexity index is 285. The summed E-state index contributed by atoms with van der Waals surface area (Å²) in [5, 5.41) is 0. The van der Waals surface area contributed by atoms with E-state index in [0.29, 0.717) is 5.65 Å². The van der Waals surface area contributed by atoms with Gasteiger partial charge in [-0.2, -0.15) is 0 Å². The Hall–Kier alpha value is -1.49. The van der Waals surface area contributed by atoms with E-state index in [1.807, 2.05) is 0 Å². The SMILES string of the molecule is CN.c1ncc2[nH]cnc2n1. The largest absolute Gasteiger partial charge is 0.342 e. The van der Waals surface area contributed by atoms with Gasteiger partial charge in [0.25, 0.3) is 0 Å². The molecule has 0 amide bonds. The fourth-order valence-corrected chi connectivity index (χ4v) is 0.691. The summed E-state index contributed by atoms with van der Waals surface area (Å²) in [6.45, 7) is 0. The van der Waals surface area contributed by atoms with Crippen LogP contribution in [-0.2, 0) is 0 Å². The fourth-order valence-electron chi connectivity index (χ4n) is 0.691. The van der Waals surface area contributed by atoms with Crippen LogP contribution in [0.15, 0.2) is 18.9 Å². The average molecular weight is 151 g/mol. The number of aromatic nitrogens is 4. The molecule has 11 heavy (non-hydrogen) atoms. The molecule has 3 N–H and O–H groups in total. The van der Waals surface area contributed by atoms with Gasteiger partial charge in [-0.1, -0.05) is 0 Å². The van der Waals surface area contributed by atoms with E-state index in [4.69, 9.17) is 0 Å². The van der Waals surface area contributed by atoms with Crippen LogP contribution in [-0.4, -0.2) is 27.0 Å². The molecular weight excluding hydrogens is 142 g/mol. The molecule has 0 aromatic carbocycles. The van der Waals surface area contributed by atoms with E-state index in [1.54, 1.807) is 12.5 Å². The summed E-state index contributed by atoms with van der Waals surface area (Å²) in [5.74, 6) is 0. The zero-order valence-corrected chi connectivity index (χ0v) is 6.15. The van der Waals surface area contributed by atoms with Crippen LogP contribution in [0.5, 0.6) is 0 Å². The smallest absolute Gasteiger partial charge is 0.180 e. The van der Waals surface area contributed by atoms with Crippen LogP contribution < -0.4 is 5.73 Å². The molecular formula is C6H9N5. The van der Waals surface area contributed by atoms with Crippen molar-refractivity contribution in [2.45, 2.75) is 0 Å². The van der Waals surface area contributed by atoms with Gasteiger partial charge in [0.1, 0.15) is 11.8 Å². The number of nitrogens with two attached hydrogens (primary N) is 1. The lowest BCUT2D eigenvalue weighted by Gasteiger charge is -1.80. The van der Waals surface area contributed by atoms with E-state index in [1.165, 1.54) is 13.4 Å². The summed E-state index contributed by atoms with van der Waals surface area (Å²) >= 11 is 0. The van der Waals surface area contributed by atoms with E-state index in [2.05, 4.69) is 25.7 Å². The van der Waals surface area contributed by atoms with E-state index in [-0.39, 0.29) is 0 Å². The number of hydrogen-bond acceptors (Lipinski definition) is 4. The number of imidazole rings is 1. The van der Waals surface area contributed by atoms with Crippen molar-refractivity contribution in [3.05, 3.63) is 18.9 Å². The van der Waals surface area contributed by atoms with Gasteiger partial charge < -0.3 is 10.7 Å². The summed E-state index contributed by atoms with van der Waals surface area (Å²) in [7, 11) is 1.50. The molecule has 5 heteroatoms. The number of hydrogen-bond donors (Lipinski definition) is 2. The summed E-state index contributed by atoms with van der Waals surface area (Å²) in [6.07, 6.45) is 4.76. The molecule has 0 aliphatic rings. The zero-order valence-electron chi connectivity index (χ0n) is 6.15. The average Bonchev–Trinajstić information content (AvgIpc) is 2.55. The van der Waals surface area contributed by atoms with Gasteiger partial charge in [0.05, 0.1) is 12.5 Å². The van der Waals surface area contributed by atoms with Gasteiger partial charge in [0.15, 0.2) is 5.65 Å². The normalized spacial score (nSPS) is 8.91. The van der Waals surface area contributed by atoms with Crippen LogP contribution in [0.4, 0.5) is 0 Å². The van der Waals surface area contributed by atoms with Gasteiger partial charge in [0.2, 0.25) is 0 Å². The number of fused-ring (bicyclic) bond motifs is 1. The third-order valence-electron chi connectivity index (χ3n) is 1.10. The molecule has 0 spiro atoms. The Morgan fingerprint density at radius 3 is 2.91 bits per heavy atom. The first kappa shape index (κ1) is 7.62. The fraction of sp³-hybridized carbons (Fsp3) is 0.167. The Morgan fingerprint density at radius 2 is 2.18 bits per heavy atom. The number of H-pyrrole nitrogens is 1. The van der Waals surface area contributed by atoms with Crippen LogP contribution in [0.3, 0.4) is 0 Å². The lowest BCUT2D eigenvalue weighted by molar-refractivity contribution is 1.20. The third kappa shape index (κ3) is 1.50. The van der Waals surface area contributed by atoms with Crippen molar-refractivity contribution < 1.29 is 0 Å². The molecule has 0 saturated heterocycles. The number of nitrogens with zero attached hydrogens (tertiary/aromatic N) is 3. The number of aromatic amines is 1. The summed E-state index contributed by atoms with van der Waals surface area (Å²) in [4.78, 5) is 14.5. The van der Waals surface area contributed by atoms with Gasteiger partial charge >= 0.3 is 0 Å². The van der Waals surface area contributed by atoms with Crippen molar-refractivity contribution >= 4 is 11.2 Å². The predicted molar refractivity (Wildman–Crippen MR) is 41.8 cm³/mol. The Kier molecular flexibility index (Phi) is 2.51. The zero-order chi connectivity index (χ0) is 8.10. The van der Waals surface area contributed by atoms with E-state index in [0.717, 1.165) is 5.52 Å². The second-order valence-corrected chi connectivity index (χ2v) is 1.66. The topological polar surface area (TPSA) is 80.5 Å².